The molecular formula is C25H30N2O9S. The zero-order valence-corrected chi connectivity index (χ0v) is 21.8. The van der Waals surface area contributed by atoms with Crippen LogP contribution in [-0.2, 0) is 39.9 Å². The van der Waals surface area contributed by atoms with Gasteiger partial charge >= 0.3 is 17.9 Å². The van der Waals surface area contributed by atoms with Crippen molar-refractivity contribution in [2.24, 2.45) is 5.73 Å². The number of nitrogens with zero attached hydrogens (tertiary/aromatic N) is 1. The highest BCUT2D eigenvalue weighted by molar-refractivity contribution is 7.99. The van der Waals surface area contributed by atoms with E-state index in [9.17, 15) is 19.2 Å². The minimum absolute atomic E-state index is 0.228. The molecule has 3 rings (SSSR count). The molecule has 0 spiro atoms. The first-order valence-electron chi connectivity index (χ1n) is 11.5. The van der Waals surface area contributed by atoms with E-state index in [1.54, 1.807) is 23.9 Å². The molecule has 1 aliphatic rings. The number of pyridine rings is 1. The van der Waals surface area contributed by atoms with Crippen molar-refractivity contribution in [3.63, 3.8) is 0 Å². The highest BCUT2D eigenvalue weighted by Gasteiger charge is 2.48. The third kappa shape index (κ3) is 7.81. The summed E-state index contributed by atoms with van der Waals surface area (Å²) in [5.74, 6) is -1.06. The third-order valence-corrected chi connectivity index (χ3v) is 6.63. The molecular weight excluding hydrogens is 504 g/mol. The van der Waals surface area contributed by atoms with Gasteiger partial charge in [-0.15, -0.1) is 0 Å². The van der Waals surface area contributed by atoms with Crippen LogP contribution in [0.25, 0.3) is 0 Å². The zero-order chi connectivity index (χ0) is 27.1. The minimum atomic E-state index is -1.03. The molecule has 5 atom stereocenters. The number of carbonyl (C=O) groups is 3. The molecule has 0 aliphatic carbocycles. The first kappa shape index (κ1) is 28.2. The van der Waals surface area contributed by atoms with Crippen LogP contribution in [0.2, 0.25) is 0 Å². The van der Waals surface area contributed by atoms with Crippen molar-refractivity contribution in [2.45, 2.75) is 62.0 Å². The van der Waals surface area contributed by atoms with Crippen molar-refractivity contribution in [3.8, 4) is 5.75 Å². The quantitative estimate of drug-likeness (QED) is 0.369. The van der Waals surface area contributed by atoms with Gasteiger partial charge in [-0.05, 0) is 23.8 Å². The molecule has 1 aromatic heterocycles. The van der Waals surface area contributed by atoms with Crippen molar-refractivity contribution < 1.29 is 38.1 Å². The van der Waals surface area contributed by atoms with Crippen LogP contribution in [0.5, 0.6) is 5.75 Å². The topological polar surface area (TPSA) is 145 Å². The maximum atomic E-state index is 12.8. The van der Waals surface area contributed by atoms with Gasteiger partial charge in [-0.25, -0.2) is 0 Å². The lowest BCUT2D eigenvalue weighted by molar-refractivity contribution is -0.201. The molecule has 5 unspecified atom stereocenters. The lowest BCUT2D eigenvalue weighted by Gasteiger charge is -2.43. The standard InChI is InChI=1S/C25H30N2O9S/c1-14(28)33-13-20-23(34-15(2)29)22(26)24(35-16(3)30)25(36-20)37-19-9-10-27(21(31)11-19)12-17-5-7-18(32-4)8-6-17/h5-11,20,22-25H,12-13,26H2,1-4H3. The highest BCUT2D eigenvalue weighted by Crippen LogP contribution is 2.35. The predicted molar refractivity (Wildman–Crippen MR) is 133 cm³/mol. The van der Waals surface area contributed by atoms with Crippen LogP contribution in [0.1, 0.15) is 26.3 Å². The van der Waals surface area contributed by atoms with Gasteiger partial charge in [0, 0.05) is 37.9 Å². The summed E-state index contributed by atoms with van der Waals surface area (Å²) in [5, 5.41) is 0. The molecule has 0 radical (unpaired) electrons. The number of esters is 3. The summed E-state index contributed by atoms with van der Waals surface area (Å²) >= 11 is 1.12. The van der Waals surface area contributed by atoms with E-state index in [0.717, 1.165) is 23.1 Å². The summed E-state index contributed by atoms with van der Waals surface area (Å²) in [6, 6.07) is 9.57. The molecule has 0 saturated carbocycles. The van der Waals surface area contributed by atoms with E-state index in [1.165, 1.54) is 26.8 Å². The molecule has 1 aromatic carbocycles. The van der Waals surface area contributed by atoms with Crippen LogP contribution in [0, 0.1) is 0 Å². The number of benzene rings is 1. The maximum Gasteiger partial charge on any atom is 0.303 e. The van der Waals surface area contributed by atoms with Crippen molar-refractivity contribution in [1.82, 2.24) is 4.57 Å². The maximum absolute atomic E-state index is 12.8. The second-order valence-electron chi connectivity index (χ2n) is 8.37. The summed E-state index contributed by atoms with van der Waals surface area (Å²) in [5.41, 5.74) is 6.16. The molecule has 200 valence electrons. The Morgan fingerprint density at radius 3 is 2.22 bits per heavy atom. The third-order valence-electron chi connectivity index (χ3n) is 5.49. The van der Waals surface area contributed by atoms with Crippen molar-refractivity contribution in [1.29, 1.82) is 0 Å². The molecule has 0 amide bonds. The molecule has 0 bridgehead atoms. The van der Waals surface area contributed by atoms with E-state index >= 15 is 0 Å². The fourth-order valence-electron chi connectivity index (χ4n) is 3.80. The van der Waals surface area contributed by atoms with Gasteiger partial charge in [0.25, 0.3) is 5.56 Å². The van der Waals surface area contributed by atoms with Gasteiger partial charge in [-0.3, -0.25) is 19.2 Å². The predicted octanol–water partition coefficient (Wildman–Crippen LogP) is 1.48. The van der Waals surface area contributed by atoms with Gasteiger partial charge < -0.3 is 34.0 Å². The largest absolute Gasteiger partial charge is 0.497 e. The number of hydrogen-bond acceptors (Lipinski definition) is 11. The number of nitrogens with two attached hydrogens (primary N) is 1. The van der Waals surface area contributed by atoms with E-state index in [4.69, 9.17) is 29.4 Å². The molecule has 2 N–H and O–H groups in total. The first-order chi connectivity index (χ1) is 17.6. The Morgan fingerprint density at radius 2 is 1.65 bits per heavy atom. The molecule has 11 nitrogen and oxygen atoms in total. The van der Waals surface area contributed by atoms with E-state index in [-0.39, 0.29) is 12.2 Å². The fraction of sp³-hybridized carbons (Fsp3) is 0.440. The van der Waals surface area contributed by atoms with Gasteiger partial charge in [0.15, 0.2) is 6.10 Å². The van der Waals surface area contributed by atoms with Crippen LogP contribution in [-0.4, -0.2) is 66.0 Å². The Labute approximate surface area is 218 Å². The number of rotatable bonds is 9. The minimum Gasteiger partial charge on any atom is -0.497 e. The van der Waals surface area contributed by atoms with Crippen LogP contribution >= 0.6 is 11.8 Å². The van der Waals surface area contributed by atoms with Crippen LogP contribution in [0.3, 0.4) is 0 Å². The molecule has 1 aliphatic heterocycles. The summed E-state index contributed by atoms with van der Waals surface area (Å²) < 4.78 is 28.6. The second-order valence-corrected chi connectivity index (χ2v) is 9.54. The fourth-order valence-corrected chi connectivity index (χ4v) is 4.94. The van der Waals surface area contributed by atoms with Gasteiger partial charge in [0.1, 0.15) is 30.0 Å². The van der Waals surface area contributed by atoms with E-state index in [2.05, 4.69) is 0 Å². The summed E-state index contributed by atoms with van der Waals surface area (Å²) in [6.07, 6.45) is -1.31. The van der Waals surface area contributed by atoms with E-state index < -0.39 is 47.7 Å². The van der Waals surface area contributed by atoms with E-state index in [1.807, 2.05) is 24.3 Å². The molecule has 37 heavy (non-hydrogen) atoms. The highest BCUT2D eigenvalue weighted by atomic mass is 32.2. The molecule has 1 saturated heterocycles. The normalized spacial score (nSPS) is 23.1. The Hall–Kier alpha value is -3.35. The van der Waals surface area contributed by atoms with Crippen LogP contribution in [0.4, 0.5) is 0 Å². The van der Waals surface area contributed by atoms with Crippen molar-refractivity contribution in [2.75, 3.05) is 13.7 Å². The summed E-state index contributed by atoms with van der Waals surface area (Å²) in [4.78, 5) is 48.2. The van der Waals surface area contributed by atoms with Gasteiger partial charge in [0.2, 0.25) is 0 Å². The average Bonchev–Trinajstić information content (AvgIpc) is 2.83. The average molecular weight is 535 g/mol. The number of methoxy groups -OCH3 is 1. The molecule has 2 aromatic rings. The molecule has 1 fully saturated rings. The smallest absolute Gasteiger partial charge is 0.303 e. The lowest BCUT2D eigenvalue weighted by atomic mass is 9.97. The SMILES string of the molecule is COc1ccc(Cn2ccc(SC3OC(COC(C)=O)C(OC(C)=O)C(N)C3OC(C)=O)cc2=O)cc1. The number of thioether (sulfide) groups is 1. The number of hydrogen-bond donors (Lipinski definition) is 1. The Balaban J connectivity index is 1.81. The Morgan fingerprint density at radius 1 is 1.00 bits per heavy atom. The summed E-state index contributed by atoms with van der Waals surface area (Å²) in [6.45, 7) is 3.80. The van der Waals surface area contributed by atoms with Gasteiger partial charge in [0.05, 0.1) is 19.7 Å². The van der Waals surface area contributed by atoms with Crippen molar-refractivity contribution in [3.05, 3.63) is 58.5 Å². The lowest BCUT2D eigenvalue weighted by Crippen LogP contribution is -2.63. The van der Waals surface area contributed by atoms with Gasteiger partial charge in [-0.2, -0.15) is 0 Å². The van der Waals surface area contributed by atoms with E-state index in [0.29, 0.717) is 11.4 Å². The first-order valence-corrected chi connectivity index (χ1v) is 12.3. The number of carbonyl (C=O) groups excluding carboxylic acids is 3. The number of aromatic nitrogens is 1. The monoisotopic (exact) mass is 534 g/mol. The Kier molecular flexibility index (Phi) is 9.73. The number of ether oxygens (including phenoxy) is 5. The molecule has 2 heterocycles. The van der Waals surface area contributed by atoms with Crippen LogP contribution in [0.15, 0.2) is 52.3 Å². The van der Waals surface area contributed by atoms with Gasteiger partial charge in [-0.1, -0.05) is 23.9 Å². The Bertz CT molecular complexity index is 1170. The van der Waals surface area contributed by atoms with Crippen LogP contribution < -0.4 is 16.0 Å². The summed E-state index contributed by atoms with van der Waals surface area (Å²) in [7, 11) is 1.58. The van der Waals surface area contributed by atoms with Crippen molar-refractivity contribution >= 4 is 29.7 Å². The zero-order valence-electron chi connectivity index (χ0n) is 20.9. The second kappa shape index (κ2) is 12.7. The molecule has 12 heteroatoms.